The second kappa shape index (κ2) is 5.79. The Morgan fingerprint density at radius 2 is 2.07 bits per heavy atom. The normalized spacial score (nSPS) is 16.0. The SMILES string of the molecule is CCC(=CC(=O)C1=CCCCC1)CC. The Morgan fingerprint density at radius 3 is 2.57 bits per heavy atom. The van der Waals surface area contributed by atoms with Gasteiger partial charge in [0.15, 0.2) is 5.78 Å². The van der Waals surface area contributed by atoms with Crippen molar-refractivity contribution in [1.82, 2.24) is 0 Å². The van der Waals surface area contributed by atoms with Crippen molar-refractivity contribution in [1.29, 1.82) is 0 Å². The van der Waals surface area contributed by atoms with Crippen LogP contribution >= 0.6 is 0 Å². The molecule has 0 aromatic heterocycles. The van der Waals surface area contributed by atoms with E-state index in [1.165, 1.54) is 18.4 Å². The van der Waals surface area contributed by atoms with Crippen LogP contribution in [0.4, 0.5) is 0 Å². The molecule has 0 aliphatic heterocycles. The molecule has 0 unspecified atom stereocenters. The molecule has 0 fully saturated rings. The Labute approximate surface area is 86.9 Å². The number of carbonyl (C=O) groups excluding carboxylic acids is 1. The predicted molar refractivity (Wildman–Crippen MR) is 60.2 cm³/mol. The fraction of sp³-hybridized carbons (Fsp3) is 0.615. The maximum absolute atomic E-state index is 11.8. The van der Waals surface area contributed by atoms with Gasteiger partial charge in [-0.05, 0) is 50.2 Å². The first-order valence-corrected chi connectivity index (χ1v) is 5.70. The minimum absolute atomic E-state index is 0.253. The Kier molecular flexibility index (Phi) is 4.64. The lowest BCUT2D eigenvalue weighted by atomic mass is 9.95. The summed E-state index contributed by atoms with van der Waals surface area (Å²) < 4.78 is 0. The minimum atomic E-state index is 0.253. The number of carbonyl (C=O) groups is 1. The monoisotopic (exact) mass is 192 g/mol. The number of ketones is 1. The summed E-state index contributed by atoms with van der Waals surface area (Å²) in [5.74, 6) is 0.253. The summed E-state index contributed by atoms with van der Waals surface area (Å²) in [5.41, 5.74) is 2.30. The lowest BCUT2D eigenvalue weighted by molar-refractivity contribution is -0.111. The van der Waals surface area contributed by atoms with Crippen molar-refractivity contribution in [3.63, 3.8) is 0 Å². The molecular weight excluding hydrogens is 172 g/mol. The van der Waals surface area contributed by atoms with Crippen molar-refractivity contribution < 1.29 is 4.79 Å². The van der Waals surface area contributed by atoms with Gasteiger partial charge in [-0.1, -0.05) is 25.5 Å². The molecule has 1 nitrogen and oxygen atoms in total. The third kappa shape index (κ3) is 3.13. The number of rotatable bonds is 4. The van der Waals surface area contributed by atoms with E-state index in [1.54, 1.807) is 0 Å². The van der Waals surface area contributed by atoms with Crippen LogP contribution in [-0.2, 0) is 4.79 Å². The molecule has 0 atom stereocenters. The summed E-state index contributed by atoms with van der Waals surface area (Å²) in [6.45, 7) is 4.22. The second-order valence-electron chi connectivity index (χ2n) is 3.85. The first-order chi connectivity index (χ1) is 6.77. The molecule has 0 N–H and O–H groups in total. The van der Waals surface area contributed by atoms with Gasteiger partial charge in [-0.3, -0.25) is 4.79 Å². The molecule has 0 heterocycles. The molecule has 0 radical (unpaired) electrons. The standard InChI is InChI=1S/C13H20O/c1-3-11(4-2)10-13(14)12-8-6-5-7-9-12/h8,10H,3-7,9H2,1-2H3. The van der Waals surface area contributed by atoms with Gasteiger partial charge in [0, 0.05) is 0 Å². The third-order valence-electron chi connectivity index (χ3n) is 2.85. The zero-order valence-corrected chi connectivity index (χ0v) is 9.31. The highest BCUT2D eigenvalue weighted by Crippen LogP contribution is 2.19. The lowest BCUT2D eigenvalue weighted by Crippen LogP contribution is -2.03. The zero-order valence-electron chi connectivity index (χ0n) is 9.31. The van der Waals surface area contributed by atoms with E-state index in [9.17, 15) is 4.79 Å². The molecule has 0 bridgehead atoms. The van der Waals surface area contributed by atoms with Crippen LogP contribution in [0.15, 0.2) is 23.3 Å². The van der Waals surface area contributed by atoms with E-state index in [0.717, 1.165) is 31.3 Å². The van der Waals surface area contributed by atoms with Gasteiger partial charge >= 0.3 is 0 Å². The molecule has 14 heavy (non-hydrogen) atoms. The molecule has 1 aliphatic rings. The van der Waals surface area contributed by atoms with Gasteiger partial charge in [0.05, 0.1) is 0 Å². The topological polar surface area (TPSA) is 17.1 Å². The van der Waals surface area contributed by atoms with Gasteiger partial charge in [0.25, 0.3) is 0 Å². The van der Waals surface area contributed by atoms with Crippen LogP contribution in [0.3, 0.4) is 0 Å². The lowest BCUT2D eigenvalue weighted by Gasteiger charge is -2.10. The van der Waals surface area contributed by atoms with Crippen molar-refractivity contribution in [3.05, 3.63) is 23.3 Å². The van der Waals surface area contributed by atoms with Gasteiger partial charge in [0.1, 0.15) is 0 Å². The second-order valence-corrected chi connectivity index (χ2v) is 3.85. The van der Waals surface area contributed by atoms with E-state index in [0.29, 0.717) is 0 Å². The Morgan fingerprint density at radius 1 is 1.36 bits per heavy atom. The highest BCUT2D eigenvalue weighted by Gasteiger charge is 2.10. The average molecular weight is 192 g/mol. The Bertz CT molecular complexity index is 252. The van der Waals surface area contributed by atoms with E-state index in [4.69, 9.17) is 0 Å². The van der Waals surface area contributed by atoms with Crippen LogP contribution in [0.2, 0.25) is 0 Å². The maximum Gasteiger partial charge on any atom is 0.181 e. The molecule has 0 aromatic carbocycles. The van der Waals surface area contributed by atoms with E-state index in [1.807, 2.05) is 6.08 Å². The van der Waals surface area contributed by atoms with Gasteiger partial charge in [-0.25, -0.2) is 0 Å². The van der Waals surface area contributed by atoms with Crippen LogP contribution in [0.25, 0.3) is 0 Å². The fourth-order valence-electron chi connectivity index (χ4n) is 1.79. The predicted octanol–water partition coefficient (Wildman–Crippen LogP) is 3.80. The van der Waals surface area contributed by atoms with Gasteiger partial charge in [-0.15, -0.1) is 0 Å². The maximum atomic E-state index is 11.8. The summed E-state index contributed by atoms with van der Waals surface area (Å²) in [4.78, 5) is 11.8. The summed E-state index contributed by atoms with van der Waals surface area (Å²) in [6, 6.07) is 0. The minimum Gasteiger partial charge on any atom is -0.290 e. The number of allylic oxidation sites excluding steroid dienone is 4. The summed E-state index contributed by atoms with van der Waals surface area (Å²) in [7, 11) is 0. The summed E-state index contributed by atoms with van der Waals surface area (Å²) in [6.07, 6.45) is 10.4. The van der Waals surface area contributed by atoms with Crippen LogP contribution in [0.5, 0.6) is 0 Å². The van der Waals surface area contributed by atoms with Crippen molar-refractivity contribution in [2.45, 2.75) is 52.4 Å². The first-order valence-electron chi connectivity index (χ1n) is 5.70. The molecule has 1 heteroatoms. The van der Waals surface area contributed by atoms with Crippen molar-refractivity contribution in [2.24, 2.45) is 0 Å². The molecule has 0 aromatic rings. The van der Waals surface area contributed by atoms with Crippen LogP contribution in [0.1, 0.15) is 52.4 Å². The van der Waals surface area contributed by atoms with Crippen LogP contribution in [-0.4, -0.2) is 5.78 Å². The van der Waals surface area contributed by atoms with E-state index in [-0.39, 0.29) is 5.78 Å². The summed E-state index contributed by atoms with van der Waals surface area (Å²) in [5, 5.41) is 0. The highest BCUT2D eigenvalue weighted by atomic mass is 16.1. The molecule has 1 rings (SSSR count). The van der Waals surface area contributed by atoms with Crippen molar-refractivity contribution in [3.8, 4) is 0 Å². The Balaban J connectivity index is 2.64. The Hall–Kier alpha value is -0.850. The average Bonchev–Trinajstić information content (AvgIpc) is 2.26. The van der Waals surface area contributed by atoms with Gasteiger partial charge in [0.2, 0.25) is 0 Å². The van der Waals surface area contributed by atoms with E-state index < -0.39 is 0 Å². The zero-order chi connectivity index (χ0) is 10.4. The van der Waals surface area contributed by atoms with Gasteiger partial charge < -0.3 is 0 Å². The molecular formula is C13H20O. The molecule has 1 aliphatic carbocycles. The highest BCUT2D eigenvalue weighted by molar-refractivity contribution is 6.04. The molecule has 0 saturated carbocycles. The largest absolute Gasteiger partial charge is 0.290 e. The number of hydrogen-bond donors (Lipinski definition) is 0. The first kappa shape index (κ1) is 11.2. The van der Waals surface area contributed by atoms with E-state index >= 15 is 0 Å². The van der Waals surface area contributed by atoms with E-state index in [2.05, 4.69) is 19.9 Å². The molecule has 0 spiro atoms. The van der Waals surface area contributed by atoms with Gasteiger partial charge in [-0.2, -0.15) is 0 Å². The number of hydrogen-bond acceptors (Lipinski definition) is 1. The molecule has 78 valence electrons. The molecule has 0 amide bonds. The quantitative estimate of drug-likeness (QED) is 0.619. The molecule has 0 saturated heterocycles. The third-order valence-corrected chi connectivity index (χ3v) is 2.85. The van der Waals surface area contributed by atoms with Crippen LogP contribution in [0, 0.1) is 0 Å². The van der Waals surface area contributed by atoms with Crippen molar-refractivity contribution >= 4 is 5.78 Å². The van der Waals surface area contributed by atoms with Crippen LogP contribution < -0.4 is 0 Å². The summed E-state index contributed by atoms with van der Waals surface area (Å²) >= 11 is 0. The van der Waals surface area contributed by atoms with Crippen molar-refractivity contribution in [2.75, 3.05) is 0 Å². The fourth-order valence-corrected chi connectivity index (χ4v) is 1.79. The smallest absolute Gasteiger partial charge is 0.181 e.